The predicted molar refractivity (Wildman–Crippen MR) is 150 cm³/mol. The number of hydrogen-bond donors (Lipinski definition) is 3. The number of fused-ring (bicyclic) bond motifs is 1. The number of halogens is 1. The molecule has 3 saturated heterocycles. The van der Waals surface area contributed by atoms with Gasteiger partial charge in [-0.1, -0.05) is 38.5 Å². The first-order valence-electron chi connectivity index (χ1n) is 15.2. The third kappa shape index (κ3) is 4.85. The smallest absolute Gasteiger partial charge is 0.259 e. The maximum absolute atomic E-state index is 14.0. The molecule has 4 fully saturated rings. The number of nitrogens with zero attached hydrogens (tertiary/aromatic N) is 5. The average Bonchev–Trinajstić information content (AvgIpc) is 3.45. The van der Waals surface area contributed by atoms with Gasteiger partial charge in [-0.3, -0.25) is 14.5 Å². The SMILES string of the molecule is CN1C(=O)CCC12CCN(C1CCNC3(CCCCCCCC3)C1NC(=O)c1c(N)nn3cc(F)cnc13)CC2. The third-order valence-corrected chi connectivity index (χ3v) is 10.5. The summed E-state index contributed by atoms with van der Waals surface area (Å²) in [6, 6.07) is 0.0396. The zero-order valence-electron chi connectivity index (χ0n) is 23.6. The number of hydrogen-bond acceptors (Lipinski definition) is 7. The average molecular weight is 555 g/mol. The van der Waals surface area contributed by atoms with Crippen LogP contribution >= 0.6 is 0 Å². The van der Waals surface area contributed by atoms with E-state index in [0.717, 1.165) is 77.2 Å². The number of aromatic nitrogens is 3. The van der Waals surface area contributed by atoms with Crippen LogP contribution in [-0.4, -0.2) is 86.1 Å². The first-order chi connectivity index (χ1) is 19.3. The van der Waals surface area contributed by atoms with Gasteiger partial charge in [0.25, 0.3) is 5.91 Å². The standard InChI is InChI=1S/C29H43FN8O2/c1-36-22(39)8-12-28(36)13-16-37(17-14-28)21-9-15-33-29(10-6-4-2-3-5-7-11-29)24(21)34-27(40)23-25(31)35-38-19-20(30)18-32-26(23)38/h18-19,21,24,33H,2-17H2,1H3,(H2,31,35)(H,34,40). The second-order valence-electron chi connectivity index (χ2n) is 12.5. The quantitative estimate of drug-likeness (QED) is 0.534. The van der Waals surface area contributed by atoms with Crippen LogP contribution in [0.4, 0.5) is 10.2 Å². The number of carbonyl (C=O) groups excluding carboxylic acids is 2. The highest BCUT2D eigenvalue weighted by Gasteiger charge is 2.51. The molecule has 3 aliphatic heterocycles. The molecule has 4 aliphatic rings. The van der Waals surface area contributed by atoms with E-state index in [4.69, 9.17) is 5.73 Å². The molecule has 5 heterocycles. The van der Waals surface area contributed by atoms with Crippen LogP contribution in [0.2, 0.25) is 0 Å². The van der Waals surface area contributed by atoms with Crippen molar-refractivity contribution in [1.82, 2.24) is 35.0 Å². The summed E-state index contributed by atoms with van der Waals surface area (Å²) in [5, 5.41) is 11.5. The first kappa shape index (κ1) is 27.4. The summed E-state index contributed by atoms with van der Waals surface area (Å²) in [6.45, 7) is 2.73. The van der Waals surface area contributed by atoms with E-state index < -0.39 is 5.82 Å². The van der Waals surface area contributed by atoms with Gasteiger partial charge in [-0.2, -0.15) is 0 Å². The van der Waals surface area contributed by atoms with Gasteiger partial charge in [0.05, 0.1) is 18.4 Å². The summed E-state index contributed by atoms with van der Waals surface area (Å²) in [6.07, 6.45) is 15.9. The molecule has 2 aromatic heterocycles. The summed E-state index contributed by atoms with van der Waals surface area (Å²) in [7, 11) is 1.96. The van der Waals surface area contributed by atoms with Crippen molar-refractivity contribution in [2.45, 2.75) is 107 Å². The second kappa shape index (κ2) is 10.9. The van der Waals surface area contributed by atoms with E-state index in [2.05, 4.69) is 25.6 Å². The fourth-order valence-electron chi connectivity index (χ4n) is 8.10. The predicted octanol–water partition coefficient (Wildman–Crippen LogP) is 2.87. The monoisotopic (exact) mass is 554 g/mol. The Hall–Kier alpha value is -2.79. The van der Waals surface area contributed by atoms with Gasteiger partial charge in [0, 0.05) is 43.7 Å². The van der Waals surface area contributed by atoms with E-state index in [-0.39, 0.29) is 52.0 Å². The molecule has 10 nitrogen and oxygen atoms in total. The number of carbonyl (C=O) groups is 2. The lowest BCUT2D eigenvalue weighted by molar-refractivity contribution is -0.131. The zero-order chi connectivity index (χ0) is 27.9. The van der Waals surface area contributed by atoms with Gasteiger partial charge in [0.15, 0.2) is 17.3 Å². The summed E-state index contributed by atoms with van der Waals surface area (Å²) in [4.78, 5) is 35.1. The molecule has 0 aromatic carbocycles. The number of nitrogens with two attached hydrogens (primary N) is 1. The van der Waals surface area contributed by atoms with Crippen LogP contribution in [0.15, 0.2) is 12.4 Å². The van der Waals surface area contributed by atoms with E-state index in [1.165, 1.54) is 36.4 Å². The maximum atomic E-state index is 14.0. The van der Waals surface area contributed by atoms with Gasteiger partial charge in [-0.25, -0.2) is 13.9 Å². The Kier molecular flexibility index (Phi) is 7.45. The number of nitrogen functional groups attached to an aromatic ring is 1. The first-order valence-corrected chi connectivity index (χ1v) is 15.2. The van der Waals surface area contributed by atoms with Crippen LogP contribution in [0, 0.1) is 5.82 Å². The molecule has 4 N–H and O–H groups in total. The van der Waals surface area contributed by atoms with Crippen molar-refractivity contribution in [2.75, 3.05) is 32.4 Å². The molecule has 2 amide bonds. The van der Waals surface area contributed by atoms with Crippen molar-refractivity contribution < 1.29 is 14.0 Å². The van der Waals surface area contributed by atoms with Gasteiger partial charge in [0.2, 0.25) is 5.91 Å². The molecular weight excluding hydrogens is 511 g/mol. The largest absolute Gasteiger partial charge is 0.381 e. The second-order valence-corrected chi connectivity index (χ2v) is 12.5. The van der Waals surface area contributed by atoms with Crippen molar-refractivity contribution in [1.29, 1.82) is 0 Å². The Morgan fingerprint density at radius 2 is 1.80 bits per heavy atom. The Balaban J connectivity index is 1.30. The number of rotatable bonds is 3. The molecule has 40 heavy (non-hydrogen) atoms. The van der Waals surface area contributed by atoms with Crippen LogP contribution in [-0.2, 0) is 4.79 Å². The van der Waals surface area contributed by atoms with E-state index in [1.54, 1.807) is 0 Å². The molecule has 218 valence electrons. The Labute approximate surface area is 235 Å². The minimum Gasteiger partial charge on any atom is -0.381 e. The van der Waals surface area contributed by atoms with E-state index >= 15 is 0 Å². The number of anilines is 1. The lowest BCUT2D eigenvalue weighted by Crippen LogP contribution is -2.72. The number of piperidine rings is 2. The molecule has 1 saturated carbocycles. The molecule has 0 radical (unpaired) electrons. The van der Waals surface area contributed by atoms with Crippen LogP contribution in [0.25, 0.3) is 5.65 Å². The van der Waals surface area contributed by atoms with Gasteiger partial charge in [0.1, 0.15) is 5.56 Å². The van der Waals surface area contributed by atoms with Gasteiger partial charge >= 0.3 is 0 Å². The summed E-state index contributed by atoms with van der Waals surface area (Å²) in [5.74, 6) is -0.544. The lowest BCUT2D eigenvalue weighted by atomic mass is 9.73. The number of nitrogens with one attached hydrogen (secondary N) is 2. The van der Waals surface area contributed by atoms with Crippen LogP contribution in [0.3, 0.4) is 0 Å². The van der Waals surface area contributed by atoms with Crippen molar-refractivity contribution in [2.24, 2.45) is 0 Å². The maximum Gasteiger partial charge on any atom is 0.259 e. The fourth-order valence-corrected chi connectivity index (χ4v) is 8.10. The highest BCUT2D eigenvalue weighted by atomic mass is 19.1. The minimum absolute atomic E-state index is 0.0262. The molecule has 11 heteroatoms. The van der Waals surface area contributed by atoms with Crippen molar-refractivity contribution in [3.05, 3.63) is 23.8 Å². The lowest BCUT2D eigenvalue weighted by Gasteiger charge is -2.54. The topological polar surface area (TPSA) is 121 Å². The van der Waals surface area contributed by atoms with Crippen molar-refractivity contribution in [3.63, 3.8) is 0 Å². The van der Waals surface area contributed by atoms with Crippen LogP contribution in [0.5, 0.6) is 0 Å². The Morgan fingerprint density at radius 3 is 2.48 bits per heavy atom. The van der Waals surface area contributed by atoms with Crippen LogP contribution < -0.4 is 16.4 Å². The molecule has 6 rings (SSSR count). The highest BCUT2D eigenvalue weighted by Crippen LogP contribution is 2.41. The van der Waals surface area contributed by atoms with E-state index in [9.17, 15) is 14.0 Å². The van der Waals surface area contributed by atoms with Gasteiger partial charge in [-0.15, -0.1) is 5.10 Å². The van der Waals surface area contributed by atoms with E-state index in [0.29, 0.717) is 6.42 Å². The molecule has 1 aliphatic carbocycles. The molecule has 0 bridgehead atoms. The Morgan fingerprint density at radius 1 is 1.10 bits per heavy atom. The van der Waals surface area contributed by atoms with Gasteiger partial charge in [-0.05, 0) is 45.1 Å². The summed E-state index contributed by atoms with van der Waals surface area (Å²) in [5.41, 5.74) is 6.42. The molecule has 2 unspecified atom stereocenters. The molecule has 2 aromatic rings. The van der Waals surface area contributed by atoms with E-state index in [1.807, 2.05) is 11.9 Å². The Bertz CT molecular complexity index is 1250. The van der Waals surface area contributed by atoms with Gasteiger partial charge < -0.3 is 21.3 Å². The molecule has 2 spiro atoms. The summed E-state index contributed by atoms with van der Waals surface area (Å²) >= 11 is 0. The summed E-state index contributed by atoms with van der Waals surface area (Å²) < 4.78 is 15.1. The highest BCUT2D eigenvalue weighted by molar-refractivity contribution is 6.04. The fraction of sp³-hybridized carbons (Fsp3) is 0.724. The zero-order valence-corrected chi connectivity index (χ0v) is 23.6. The van der Waals surface area contributed by atoms with Crippen molar-refractivity contribution in [3.8, 4) is 0 Å². The normalized spacial score (nSPS) is 27.6. The minimum atomic E-state index is -0.541. The number of likely N-dealkylation sites (tertiary alicyclic amines) is 2. The molecular formula is C29H43FN8O2. The molecule has 2 atom stereocenters. The van der Waals surface area contributed by atoms with Crippen LogP contribution in [0.1, 0.15) is 93.8 Å². The number of amides is 2. The van der Waals surface area contributed by atoms with Crippen molar-refractivity contribution >= 4 is 23.3 Å². The third-order valence-electron chi connectivity index (χ3n) is 10.5.